The molecule has 0 saturated carbocycles. The van der Waals surface area contributed by atoms with E-state index in [1.54, 1.807) is 30.3 Å². The van der Waals surface area contributed by atoms with E-state index in [4.69, 9.17) is 4.55 Å². The Labute approximate surface area is 134 Å². The number of esters is 1. The van der Waals surface area contributed by atoms with Gasteiger partial charge in [-0.05, 0) is 11.6 Å². The third-order valence-electron chi connectivity index (χ3n) is 1.99. The Hall–Kier alpha value is -0.920. The summed E-state index contributed by atoms with van der Waals surface area (Å²) in [4.78, 5) is 10.8. The quantitative estimate of drug-likeness (QED) is 0.383. The minimum absolute atomic E-state index is 0. The zero-order valence-corrected chi connectivity index (χ0v) is 10.3. The number of carbonyl (C=O) groups excluding carboxylic acids is 1. The van der Waals surface area contributed by atoms with Gasteiger partial charge in [-0.15, -0.1) is 0 Å². The van der Waals surface area contributed by atoms with Crippen molar-refractivity contribution in [3.63, 3.8) is 0 Å². The molecule has 1 aromatic carbocycles. The van der Waals surface area contributed by atoms with Crippen molar-refractivity contribution in [2.45, 2.75) is 6.42 Å². The van der Waals surface area contributed by atoms with Crippen LogP contribution in [0.25, 0.3) is 6.08 Å². The monoisotopic (exact) mass is 292 g/mol. The second-order valence-electron chi connectivity index (χ2n) is 3.33. The Kier molecular flexibility index (Phi) is 7.89. The first-order chi connectivity index (χ1) is 8.43. The summed E-state index contributed by atoms with van der Waals surface area (Å²) in [6, 6.07) is 8.45. The standard InChI is InChI=1S/C12H12O5S.Na.H/c1-2-17-12(13)9-11(18(14,15)16)8-10-6-4-3-5-7-10;;/h2-8H,1,9H2,(H,14,15,16);;. The van der Waals surface area contributed by atoms with Crippen molar-refractivity contribution in [2.75, 3.05) is 0 Å². The Morgan fingerprint density at radius 2 is 1.89 bits per heavy atom. The molecular weight excluding hydrogens is 279 g/mol. The summed E-state index contributed by atoms with van der Waals surface area (Å²) in [7, 11) is -4.45. The molecule has 0 aliphatic heterocycles. The maximum absolute atomic E-state index is 11.2. The topological polar surface area (TPSA) is 80.7 Å². The van der Waals surface area contributed by atoms with Crippen LogP contribution in [0, 0.1) is 0 Å². The molecule has 5 nitrogen and oxygen atoms in total. The molecule has 98 valence electrons. The van der Waals surface area contributed by atoms with Crippen LogP contribution in [0.5, 0.6) is 0 Å². The van der Waals surface area contributed by atoms with Gasteiger partial charge in [0.2, 0.25) is 0 Å². The summed E-state index contributed by atoms with van der Waals surface area (Å²) in [6.07, 6.45) is 1.55. The molecule has 0 aliphatic rings. The predicted molar refractivity (Wildman–Crippen MR) is 74.0 cm³/mol. The van der Waals surface area contributed by atoms with Crippen LogP contribution in [-0.2, 0) is 19.6 Å². The van der Waals surface area contributed by atoms with Crippen LogP contribution in [0.15, 0.2) is 48.1 Å². The summed E-state index contributed by atoms with van der Waals surface area (Å²) in [5, 5.41) is 0. The summed E-state index contributed by atoms with van der Waals surface area (Å²) in [5.41, 5.74) is 0.552. The molecule has 0 saturated heterocycles. The first kappa shape index (κ1) is 18.1. The minimum atomic E-state index is -4.45. The van der Waals surface area contributed by atoms with E-state index in [0.717, 1.165) is 6.26 Å². The van der Waals surface area contributed by atoms with E-state index in [0.29, 0.717) is 5.56 Å². The fourth-order valence-corrected chi connectivity index (χ4v) is 1.81. The number of hydrogen-bond donors (Lipinski definition) is 1. The van der Waals surface area contributed by atoms with Crippen molar-refractivity contribution >= 4 is 51.7 Å². The Morgan fingerprint density at radius 3 is 2.37 bits per heavy atom. The van der Waals surface area contributed by atoms with Crippen LogP contribution in [0.2, 0.25) is 0 Å². The summed E-state index contributed by atoms with van der Waals surface area (Å²) < 4.78 is 35.7. The average Bonchev–Trinajstić information content (AvgIpc) is 2.28. The molecule has 1 aromatic rings. The number of hydrogen-bond acceptors (Lipinski definition) is 4. The van der Waals surface area contributed by atoms with Crippen LogP contribution >= 0.6 is 0 Å². The summed E-state index contributed by atoms with van der Waals surface area (Å²) >= 11 is 0. The van der Waals surface area contributed by atoms with Gasteiger partial charge in [0.05, 0.1) is 17.6 Å². The molecule has 0 aromatic heterocycles. The zero-order valence-electron chi connectivity index (χ0n) is 9.44. The van der Waals surface area contributed by atoms with Crippen LogP contribution in [0.1, 0.15) is 12.0 Å². The van der Waals surface area contributed by atoms with Crippen LogP contribution in [-0.4, -0.2) is 48.5 Å². The molecule has 0 radical (unpaired) electrons. The molecule has 0 fully saturated rings. The fraction of sp³-hybridized carbons (Fsp3) is 0.0833. The molecule has 0 heterocycles. The molecule has 0 spiro atoms. The number of benzene rings is 1. The third kappa shape index (κ3) is 6.70. The fourth-order valence-electron chi connectivity index (χ4n) is 1.23. The number of carbonyl (C=O) groups is 1. The first-order valence-electron chi connectivity index (χ1n) is 4.97. The van der Waals surface area contributed by atoms with E-state index in [2.05, 4.69) is 11.3 Å². The van der Waals surface area contributed by atoms with E-state index in [-0.39, 0.29) is 29.6 Å². The van der Waals surface area contributed by atoms with Crippen molar-refractivity contribution in [1.29, 1.82) is 0 Å². The van der Waals surface area contributed by atoms with Gasteiger partial charge in [0.25, 0.3) is 10.1 Å². The zero-order chi connectivity index (χ0) is 13.6. The third-order valence-corrected chi connectivity index (χ3v) is 2.92. The summed E-state index contributed by atoms with van der Waals surface area (Å²) in [5.74, 6) is -0.815. The van der Waals surface area contributed by atoms with Crippen molar-refractivity contribution < 1.29 is 22.5 Å². The Bertz CT molecular complexity index is 563. The molecular formula is C12H13NaO5S. The van der Waals surface area contributed by atoms with Gasteiger partial charge in [0.1, 0.15) is 0 Å². The van der Waals surface area contributed by atoms with Crippen molar-refractivity contribution in [3.05, 3.63) is 53.6 Å². The molecule has 19 heavy (non-hydrogen) atoms. The second-order valence-corrected chi connectivity index (χ2v) is 4.80. The van der Waals surface area contributed by atoms with Crippen molar-refractivity contribution in [3.8, 4) is 0 Å². The molecule has 0 aliphatic carbocycles. The first-order valence-corrected chi connectivity index (χ1v) is 6.41. The van der Waals surface area contributed by atoms with Gasteiger partial charge < -0.3 is 4.74 Å². The van der Waals surface area contributed by atoms with Crippen LogP contribution < -0.4 is 0 Å². The van der Waals surface area contributed by atoms with Gasteiger partial charge in [-0.25, -0.2) is 0 Å². The SMILES string of the molecule is C=COC(=O)CC(=Cc1ccccc1)S(=O)(=O)O.[NaH]. The van der Waals surface area contributed by atoms with E-state index in [1.165, 1.54) is 6.08 Å². The average molecular weight is 292 g/mol. The van der Waals surface area contributed by atoms with Crippen LogP contribution in [0.3, 0.4) is 0 Å². The van der Waals surface area contributed by atoms with E-state index in [9.17, 15) is 13.2 Å². The molecule has 1 N–H and O–H groups in total. The number of ether oxygens (including phenoxy) is 1. The van der Waals surface area contributed by atoms with Gasteiger partial charge in [0.15, 0.2) is 0 Å². The van der Waals surface area contributed by atoms with Gasteiger partial charge in [0, 0.05) is 0 Å². The van der Waals surface area contributed by atoms with Gasteiger partial charge in [-0.2, -0.15) is 8.42 Å². The molecule has 7 heteroatoms. The second kappa shape index (κ2) is 8.29. The molecule has 0 bridgehead atoms. The summed E-state index contributed by atoms with van der Waals surface area (Å²) in [6.45, 7) is 3.18. The van der Waals surface area contributed by atoms with Gasteiger partial charge in [-0.1, -0.05) is 36.9 Å². The van der Waals surface area contributed by atoms with Gasteiger partial charge in [-0.3, -0.25) is 9.35 Å². The maximum atomic E-state index is 11.2. The molecule has 0 amide bonds. The normalized spacial score (nSPS) is 11.3. The Balaban J connectivity index is 0.00000324. The molecule has 0 unspecified atom stereocenters. The predicted octanol–water partition coefficient (Wildman–Crippen LogP) is 1.34. The van der Waals surface area contributed by atoms with Crippen molar-refractivity contribution in [2.24, 2.45) is 0 Å². The van der Waals surface area contributed by atoms with E-state index < -0.39 is 27.4 Å². The van der Waals surface area contributed by atoms with Crippen molar-refractivity contribution in [1.82, 2.24) is 0 Å². The van der Waals surface area contributed by atoms with E-state index >= 15 is 0 Å². The van der Waals surface area contributed by atoms with Crippen LogP contribution in [0.4, 0.5) is 0 Å². The molecule has 1 rings (SSSR count). The van der Waals surface area contributed by atoms with Gasteiger partial charge >= 0.3 is 35.5 Å². The molecule has 0 atom stereocenters. The Morgan fingerprint density at radius 1 is 1.32 bits per heavy atom. The van der Waals surface area contributed by atoms with E-state index in [1.807, 2.05) is 0 Å². The number of rotatable bonds is 5.